The molecule has 0 spiro atoms. The lowest BCUT2D eigenvalue weighted by Gasteiger charge is -2.10. The fourth-order valence-electron chi connectivity index (χ4n) is 2.30. The second-order valence-corrected chi connectivity index (χ2v) is 7.49. The van der Waals surface area contributed by atoms with Crippen LogP contribution in [0.4, 0.5) is 13.9 Å². The summed E-state index contributed by atoms with van der Waals surface area (Å²) >= 11 is 4.61. The molecule has 0 aliphatic rings. The van der Waals surface area contributed by atoms with E-state index in [0.29, 0.717) is 17.4 Å². The van der Waals surface area contributed by atoms with E-state index in [2.05, 4.69) is 36.1 Å². The minimum absolute atomic E-state index is 0.0802. The minimum Gasteiger partial charge on any atom is -0.435 e. The fraction of sp³-hybridized carbons (Fsp3) is 0.235. The van der Waals surface area contributed by atoms with E-state index in [1.807, 2.05) is 0 Å². The number of carbonyl (C=O) groups is 1. The first kappa shape index (κ1) is 19.4. The van der Waals surface area contributed by atoms with Gasteiger partial charge in [-0.25, -0.2) is 4.98 Å². The lowest BCUT2D eigenvalue weighted by Crippen LogP contribution is -2.24. The van der Waals surface area contributed by atoms with Crippen molar-refractivity contribution in [3.05, 3.63) is 46.5 Å². The van der Waals surface area contributed by atoms with Crippen LogP contribution in [0, 0.1) is 5.92 Å². The zero-order valence-electron chi connectivity index (χ0n) is 14.1. The van der Waals surface area contributed by atoms with Crippen LogP contribution in [0.15, 0.2) is 46.5 Å². The van der Waals surface area contributed by atoms with Crippen molar-refractivity contribution in [2.45, 2.75) is 20.1 Å². The first-order valence-corrected chi connectivity index (χ1v) is 9.57. The summed E-state index contributed by atoms with van der Waals surface area (Å²) in [6, 6.07) is 6.17. The highest BCUT2D eigenvalue weighted by molar-refractivity contribution is 9.10. The minimum atomic E-state index is -2.86. The van der Waals surface area contributed by atoms with Gasteiger partial charge in [0.15, 0.2) is 5.13 Å². The molecule has 3 aromatic rings. The van der Waals surface area contributed by atoms with Crippen molar-refractivity contribution in [3.8, 4) is 17.0 Å². The number of rotatable bonds is 7. The molecule has 1 unspecified atom stereocenters. The molecule has 1 N–H and O–H groups in total. The van der Waals surface area contributed by atoms with E-state index in [-0.39, 0.29) is 17.6 Å². The number of carbonyl (C=O) groups excluding carboxylic acids is 1. The van der Waals surface area contributed by atoms with Crippen LogP contribution in [0.2, 0.25) is 0 Å². The molecule has 3 rings (SSSR count). The molecule has 1 aromatic carbocycles. The zero-order valence-corrected chi connectivity index (χ0v) is 16.5. The van der Waals surface area contributed by atoms with Gasteiger partial charge in [-0.05, 0) is 40.2 Å². The van der Waals surface area contributed by atoms with Gasteiger partial charge in [0, 0.05) is 17.1 Å². The maximum Gasteiger partial charge on any atom is 0.387 e. The summed E-state index contributed by atoms with van der Waals surface area (Å²) in [5.74, 6) is -0.380. The van der Waals surface area contributed by atoms with Crippen LogP contribution < -0.4 is 10.1 Å². The van der Waals surface area contributed by atoms with Gasteiger partial charge in [-0.1, -0.05) is 6.92 Å². The molecule has 0 bridgehead atoms. The Bertz CT molecular complexity index is 914. The van der Waals surface area contributed by atoms with Gasteiger partial charge in [-0.15, -0.1) is 11.3 Å². The molecule has 1 atom stereocenters. The van der Waals surface area contributed by atoms with Crippen LogP contribution >= 0.6 is 27.3 Å². The first-order chi connectivity index (χ1) is 12.9. The Labute approximate surface area is 166 Å². The Morgan fingerprint density at radius 1 is 1.37 bits per heavy atom. The van der Waals surface area contributed by atoms with Gasteiger partial charge in [0.1, 0.15) is 5.75 Å². The van der Waals surface area contributed by atoms with Gasteiger partial charge < -0.3 is 10.1 Å². The molecule has 1 amide bonds. The summed E-state index contributed by atoms with van der Waals surface area (Å²) in [7, 11) is 0. The fourth-order valence-corrected chi connectivity index (χ4v) is 3.35. The Kier molecular flexibility index (Phi) is 6.17. The molecule has 0 saturated carbocycles. The van der Waals surface area contributed by atoms with Crippen molar-refractivity contribution >= 4 is 38.3 Å². The highest BCUT2D eigenvalue weighted by Crippen LogP contribution is 2.27. The lowest BCUT2D eigenvalue weighted by molar-refractivity contribution is -0.119. The van der Waals surface area contributed by atoms with Crippen molar-refractivity contribution in [2.75, 3.05) is 5.32 Å². The number of amides is 1. The molecule has 10 heteroatoms. The van der Waals surface area contributed by atoms with Crippen molar-refractivity contribution in [1.82, 2.24) is 14.8 Å². The second kappa shape index (κ2) is 8.57. The predicted octanol–water partition coefficient (Wildman–Crippen LogP) is 4.65. The van der Waals surface area contributed by atoms with E-state index >= 15 is 0 Å². The third-order valence-corrected chi connectivity index (χ3v) is 4.79. The highest BCUT2D eigenvalue weighted by Gasteiger charge is 2.16. The summed E-state index contributed by atoms with van der Waals surface area (Å²) in [6.45, 7) is -0.607. The van der Waals surface area contributed by atoms with Gasteiger partial charge in [-0.2, -0.15) is 13.9 Å². The third kappa shape index (κ3) is 5.33. The molecule has 0 aliphatic carbocycles. The van der Waals surface area contributed by atoms with Crippen LogP contribution in [-0.4, -0.2) is 27.3 Å². The maximum absolute atomic E-state index is 12.3. The molecule has 0 aliphatic heterocycles. The summed E-state index contributed by atoms with van der Waals surface area (Å²) in [5, 5.41) is 9.18. The summed E-state index contributed by atoms with van der Waals surface area (Å²) in [4.78, 5) is 16.7. The number of benzene rings is 1. The number of anilines is 1. The largest absolute Gasteiger partial charge is 0.435 e. The smallest absolute Gasteiger partial charge is 0.387 e. The van der Waals surface area contributed by atoms with Crippen LogP contribution in [0.3, 0.4) is 0 Å². The number of nitrogens with one attached hydrogen (secondary N) is 1. The number of aromatic nitrogens is 3. The van der Waals surface area contributed by atoms with E-state index in [0.717, 1.165) is 10.0 Å². The van der Waals surface area contributed by atoms with Crippen LogP contribution in [0.5, 0.6) is 5.75 Å². The SMILES string of the molecule is CC(Cn1cc(Br)cn1)C(=O)Nc1nc(-c2ccc(OC(F)F)cc2)cs1. The molecule has 0 radical (unpaired) electrons. The van der Waals surface area contributed by atoms with Crippen molar-refractivity contribution in [3.63, 3.8) is 0 Å². The zero-order chi connectivity index (χ0) is 19.4. The van der Waals surface area contributed by atoms with Crippen molar-refractivity contribution in [2.24, 2.45) is 5.92 Å². The molecule has 2 aromatic heterocycles. The van der Waals surface area contributed by atoms with Crippen molar-refractivity contribution < 1.29 is 18.3 Å². The Balaban J connectivity index is 1.60. The van der Waals surface area contributed by atoms with E-state index in [1.54, 1.807) is 41.5 Å². The average Bonchev–Trinajstić information content (AvgIpc) is 3.24. The van der Waals surface area contributed by atoms with Gasteiger partial charge in [0.05, 0.1) is 28.8 Å². The normalized spacial score (nSPS) is 12.2. The number of halogens is 3. The molecule has 27 heavy (non-hydrogen) atoms. The van der Waals surface area contributed by atoms with Crippen LogP contribution in [0.25, 0.3) is 11.3 Å². The third-order valence-electron chi connectivity index (χ3n) is 3.62. The molecule has 142 valence electrons. The standard InChI is InChI=1S/C17H15BrF2N4O2S/c1-10(7-24-8-12(18)6-21-24)15(25)23-17-22-14(9-27-17)11-2-4-13(5-3-11)26-16(19)20/h2-6,8-10,16H,7H2,1H3,(H,22,23,25). The molecular formula is C17H15BrF2N4O2S. The van der Waals surface area contributed by atoms with Crippen LogP contribution in [-0.2, 0) is 11.3 Å². The number of nitrogens with zero attached hydrogens (tertiary/aromatic N) is 3. The highest BCUT2D eigenvalue weighted by atomic mass is 79.9. The van der Waals surface area contributed by atoms with Gasteiger partial charge in [0.25, 0.3) is 0 Å². The van der Waals surface area contributed by atoms with E-state index in [9.17, 15) is 13.6 Å². The number of alkyl halides is 2. The van der Waals surface area contributed by atoms with E-state index in [4.69, 9.17) is 0 Å². The number of hydrogen-bond donors (Lipinski definition) is 1. The quantitative estimate of drug-likeness (QED) is 0.561. The predicted molar refractivity (Wildman–Crippen MR) is 102 cm³/mol. The van der Waals surface area contributed by atoms with Crippen LogP contribution in [0.1, 0.15) is 6.92 Å². The average molecular weight is 457 g/mol. The number of thiazole rings is 1. The Hall–Kier alpha value is -2.33. The van der Waals surface area contributed by atoms with E-state index in [1.165, 1.54) is 23.5 Å². The molecule has 2 heterocycles. The lowest BCUT2D eigenvalue weighted by atomic mass is 10.1. The number of ether oxygens (including phenoxy) is 1. The Morgan fingerprint density at radius 3 is 2.74 bits per heavy atom. The summed E-state index contributed by atoms with van der Waals surface area (Å²) < 4.78 is 31.2. The monoisotopic (exact) mass is 456 g/mol. The van der Waals surface area contributed by atoms with Crippen molar-refractivity contribution in [1.29, 1.82) is 0 Å². The summed E-state index contributed by atoms with van der Waals surface area (Å²) in [5.41, 5.74) is 1.38. The van der Waals surface area contributed by atoms with E-state index < -0.39 is 6.61 Å². The maximum atomic E-state index is 12.3. The molecule has 0 fully saturated rings. The van der Waals surface area contributed by atoms with Gasteiger partial charge in [0.2, 0.25) is 5.91 Å². The molecular weight excluding hydrogens is 442 g/mol. The first-order valence-electron chi connectivity index (χ1n) is 7.90. The summed E-state index contributed by atoms with van der Waals surface area (Å²) in [6.07, 6.45) is 3.46. The topological polar surface area (TPSA) is 69.0 Å². The second-order valence-electron chi connectivity index (χ2n) is 5.71. The number of hydrogen-bond acceptors (Lipinski definition) is 5. The molecule has 6 nitrogen and oxygen atoms in total. The Morgan fingerprint density at radius 2 is 2.11 bits per heavy atom. The molecule has 0 saturated heterocycles. The van der Waals surface area contributed by atoms with Gasteiger partial charge >= 0.3 is 6.61 Å². The van der Waals surface area contributed by atoms with Gasteiger partial charge in [-0.3, -0.25) is 9.48 Å².